The first-order valence-electron chi connectivity index (χ1n) is 13.6. The first kappa shape index (κ1) is 27.5. The Kier molecular flexibility index (Phi) is 8.04. The number of thiazole rings is 1. The second-order valence-electron chi connectivity index (χ2n) is 9.72. The van der Waals surface area contributed by atoms with E-state index in [0.717, 1.165) is 13.1 Å². The lowest BCUT2D eigenvalue weighted by molar-refractivity contribution is -0.664. The molecule has 0 unspecified atom stereocenters. The lowest BCUT2D eigenvalue weighted by Gasteiger charge is -2.20. The average Bonchev–Trinajstić information content (AvgIpc) is 3.55. The molecule has 0 aliphatic carbocycles. The third-order valence-corrected chi connectivity index (χ3v) is 11.2. The number of hydrogen-bond acceptors (Lipinski definition) is 5. The highest BCUT2D eigenvalue weighted by molar-refractivity contribution is 8.04. The molecule has 40 heavy (non-hydrogen) atoms. The molecule has 0 amide bonds. The highest BCUT2D eigenvalue weighted by atomic mass is 32.2. The maximum absolute atomic E-state index is 2.46. The number of nitrogens with zero attached hydrogens (tertiary/aromatic N) is 2. The van der Waals surface area contributed by atoms with Crippen LogP contribution in [0.3, 0.4) is 0 Å². The molecule has 1 aliphatic heterocycles. The minimum atomic E-state index is 0.946. The number of fused-ring (bicyclic) bond motifs is 6. The largest absolute Gasteiger partial charge is 0.335 e. The van der Waals surface area contributed by atoms with Gasteiger partial charge in [-0.1, -0.05) is 83.3 Å². The normalized spacial score (nSPS) is 15.0. The summed E-state index contributed by atoms with van der Waals surface area (Å²) in [5, 5.41) is 7.94. The van der Waals surface area contributed by atoms with Crippen molar-refractivity contribution in [1.82, 2.24) is 0 Å². The summed E-state index contributed by atoms with van der Waals surface area (Å²) in [6.07, 6.45) is 13.4. The van der Waals surface area contributed by atoms with Gasteiger partial charge in [0.05, 0.1) is 16.1 Å². The van der Waals surface area contributed by atoms with E-state index in [2.05, 4.69) is 128 Å². The van der Waals surface area contributed by atoms with Crippen molar-refractivity contribution >= 4 is 90.1 Å². The van der Waals surface area contributed by atoms with Gasteiger partial charge in [0.15, 0.2) is 0 Å². The molecule has 202 valence electrons. The predicted octanol–water partition coefficient (Wildman–Crippen LogP) is 10.4. The molecule has 0 atom stereocenters. The van der Waals surface area contributed by atoms with Crippen LogP contribution < -0.4 is 9.47 Å². The summed E-state index contributed by atoms with van der Waals surface area (Å²) in [6, 6.07) is 22.4. The summed E-state index contributed by atoms with van der Waals surface area (Å²) < 4.78 is 3.81. The highest BCUT2D eigenvalue weighted by Crippen LogP contribution is 2.51. The van der Waals surface area contributed by atoms with Gasteiger partial charge in [-0.15, -0.1) is 23.5 Å². The number of thioether (sulfide) groups is 3. The van der Waals surface area contributed by atoms with Gasteiger partial charge in [-0.2, -0.15) is 4.57 Å². The van der Waals surface area contributed by atoms with Crippen LogP contribution in [0.1, 0.15) is 25.8 Å². The molecule has 6 heteroatoms. The van der Waals surface area contributed by atoms with E-state index in [1.807, 2.05) is 46.6 Å². The third kappa shape index (κ3) is 4.79. The molecule has 0 fully saturated rings. The van der Waals surface area contributed by atoms with E-state index in [9.17, 15) is 0 Å². The van der Waals surface area contributed by atoms with E-state index in [-0.39, 0.29) is 0 Å². The van der Waals surface area contributed by atoms with Crippen LogP contribution in [-0.4, -0.2) is 19.1 Å². The molecule has 2 heterocycles. The zero-order chi connectivity index (χ0) is 27.8. The number of benzene rings is 4. The van der Waals surface area contributed by atoms with Gasteiger partial charge in [-0.25, -0.2) is 0 Å². The van der Waals surface area contributed by atoms with Crippen molar-refractivity contribution in [2.24, 2.45) is 0 Å². The summed E-state index contributed by atoms with van der Waals surface area (Å²) in [5.74, 6) is 0. The van der Waals surface area contributed by atoms with Crippen LogP contribution >= 0.6 is 46.6 Å². The van der Waals surface area contributed by atoms with Crippen molar-refractivity contribution in [3.05, 3.63) is 94.5 Å². The number of rotatable bonds is 7. The van der Waals surface area contributed by atoms with E-state index in [0.29, 0.717) is 0 Å². The zero-order valence-corrected chi connectivity index (χ0v) is 26.8. The molecule has 1 aromatic heterocycles. The SMILES string of the molecule is CCN1/C(=C/C=C(C)/C=C/c2sc3cc(SC)c4ccccc4c3[n+]2CC)Sc2cc(SC)c3ccccc3c21. The fourth-order valence-electron chi connectivity index (χ4n) is 5.55. The van der Waals surface area contributed by atoms with Gasteiger partial charge >= 0.3 is 0 Å². The Labute approximate surface area is 253 Å². The van der Waals surface area contributed by atoms with Gasteiger partial charge in [-0.05, 0) is 62.9 Å². The summed E-state index contributed by atoms with van der Waals surface area (Å²) >= 11 is 7.43. The van der Waals surface area contributed by atoms with E-state index in [1.54, 1.807) is 0 Å². The predicted molar refractivity (Wildman–Crippen MR) is 182 cm³/mol. The Morgan fingerprint density at radius 2 is 1.55 bits per heavy atom. The average molecular weight is 598 g/mol. The quantitative estimate of drug-likeness (QED) is 0.105. The van der Waals surface area contributed by atoms with Crippen molar-refractivity contribution in [1.29, 1.82) is 0 Å². The molecule has 0 bridgehead atoms. The van der Waals surface area contributed by atoms with Crippen LogP contribution in [0.15, 0.2) is 104 Å². The zero-order valence-electron chi connectivity index (χ0n) is 23.5. The van der Waals surface area contributed by atoms with Gasteiger partial charge in [-0.3, -0.25) is 0 Å². The minimum absolute atomic E-state index is 0.946. The van der Waals surface area contributed by atoms with Crippen molar-refractivity contribution in [3.63, 3.8) is 0 Å². The highest BCUT2D eigenvalue weighted by Gasteiger charge is 2.27. The van der Waals surface area contributed by atoms with Crippen LogP contribution in [0.5, 0.6) is 0 Å². The summed E-state index contributed by atoms with van der Waals surface area (Å²) in [4.78, 5) is 6.51. The van der Waals surface area contributed by atoms with Gasteiger partial charge in [0.2, 0.25) is 5.52 Å². The smallest absolute Gasteiger partial charge is 0.262 e. The molecule has 0 spiro atoms. The Morgan fingerprint density at radius 3 is 2.23 bits per heavy atom. The Bertz CT molecular complexity index is 1840. The molecule has 4 aromatic carbocycles. The maximum Gasteiger partial charge on any atom is 0.262 e. The summed E-state index contributed by atoms with van der Waals surface area (Å²) in [5.41, 5.74) is 3.93. The summed E-state index contributed by atoms with van der Waals surface area (Å²) in [7, 11) is 0. The van der Waals surface area contributed by atoms with Gasteiger partial charge in [0.1, 0.15) is 11.2 Å². The molecule has 0 N–H and O–H groups in total. The third-order valence-electron chi connectivity index (χ3n) is 7.44. The van der Waals surface area contributed by atoms with Crippen molar-refractivity contribution in [3.8, 4) is 0 Å². The van der Waals surface area contributed by atoms with Crippen LogP contribution in [-0.2, 0) is 6.54 Å². The van der Waals surface area contributed by atoms with E-state index in [4.69, 9.17) is 0 Å². The summed E-state index contributed by atoms with van der Waals surface area (Å²) in [6.45, 7) is 8.58. The lowest BCUT2D eigenvalue weighted by Crippen LogP contribution is -2.33. The Hall–Kier alpha value is -2.64. The van der Waals surface area contributed by atoms with Crippen molar-refractivity contribution in [2.75, 3.05) is 24.0 Å². The first-order valence-corrected chi connectivity index (χ1v) is 17.7. The van der Waals surface area contributed by atoms with Crippen LogP contribution in [0.2, 0.25) is 0 Å². The molecule has 2 nitrogen and oxygen atoms in total. The molecule has 0 radical (unpaired) electrons. The van der Waals surface area contributed by atoms with Crippen LogP contribution in [0.4, 0.5) is 5.69 Å². The number of aryl methyl sites for hydroxylation is 1. The topological polar surface area (TPSA) is 7.12 Å². The van der Waals surface area contributed by atoms with E-state index < -0.39 is 0 Å². The molecule has 0 saturated heterocycles. The van der Waals surface area contributed by atoms with Crippen LogP contribution in [0, 0.1) is 0 Å². The molecule has 1 aliphatic rings. The van der Waals surface area contributed by atoms with Gasteiger partial charge in [0.25, 0.3) is 5.01 Å². The molecule has 0 saturated carbocycles. The van der Waals surface area contributed by atoms with E-state index in [1.165, 1.54) is 67.7 Å². The number of aromatic nitrogens is 1. The Morgan fingerprint density at radius 1 is 0.900 bits per heavy atom. The fraction of sp³-hybridized carbons (Fsp3) is 0.206. The van der Waals surface area contributed by atoms with E-state index >= 15 is 0 Å². The van der Waals surface area contributed by atoms with Crippen LogP contribution in [0.25, 0.3) is 37.8 Å². The van der Waals surface area contributed by atoms with Gasteiger partial charge in [0, 0.05) is 38.1 Å². The van der Waals surface area contributed by atoms with Gasteiger partial charge < -0.3 is 4.90 Å². The number of allylic oxidation sites excluding steroid dienone is 4. The molecule has 6 rings (SSSR count). The standard InChI is InChI=1S/C34H33N2S4/c1-6-35-31(39-29-20-27(37-4)23-12-8-10-14-25(23)33(29)35)18-16-22(3)17-19-32-36(7-2)34-26-15-11-9-13-24(26)28(38-5)21-30(34)40-32/h8-21H,6-7H2,1-5H3/q+1. The Balaban J connectivity index is 1.34. The number of hydrogen-bond donors (Lipinski definition) is 0. The second kappa shape index (κ2) is 11.7. The monoisotopic (exact) mass is 597 g/mol. The first-order chi connectivity index (χ1) is 19.6. The second-order valence-corrected chi connectivity index (χ2v) is 13.5. The molecule has 5 aromatic rings. The minimum Gasteiger partial charge on any atom is -0.335 e. The maximum atomic E-state index is 2.46. The number of anilines is 1. The van der Waals surface area contributed by atoms with Crippen molar-refractivity contribution < 1.29 is 4.57 Å². The molecular formula is C34H33N2S4+. The molecular weight excluding hydrogens is 565 g/mol. The van der Waals surface area contributed by atoms with Crippen molar-refractivity contribution in [2.45, 2.75) is 42.0 Å². The lowest BCUT2D eigenvalue weighted by atomic mass is 10.1. The fourth-order valence-corrected chi connectivity index (χ4v) is 9.34.